The molecule has 6 nitrogen and oxygen atoms in total. The Hall–Kier alpha value is -1.44. The third-order valence-corrected chi connectivity index (χ3v) is 0.535. The lowest BCUT2D eigenvalue weighted by molar-refractivity contribution is 0.162. The van der Waals surface area contributed by atoms with Gasteiger partial charge in [0.25, 0.3) is 0 Å². The van der Waals surface area contributed by atoms with E-state index in [4.69, 9.17) is 15.9 Å². The first kappa shape index (κ1) is 17.6. The highest BCUT2D eigenvalue weighted by Gasteiger charge is 1.88. The van der Waals surface area contributed by atoms with E-state index in [0.717, 1.165) is 0 Å². The molecule has 7 heteroatoms. The number of thiol groups is 1. The average molecular weight is 203 g/mol. The molecule has 13 heavy (non-hydrogen) atoms. The van der Waals surface area contributed by atoms with Crippen molar-refractivity contribution in [2.45, 2.75) is 13.0 Å². The molecule has 0 aromatic heterocycles. The predicted molar refractivity (Wildman–Crippen MR) is 52.8 cm³/mol. The van der Waals surface area contributed by atoms with E-state index in [-0.39, 0.29) is 12.1 Å². The summed E-state index contributed by atoms with van der Waals surface area (Å²) in [7, 11) is 1.51. The lowest BCUT2D eigenvalue weighted by Crippen LogP contribution is -2.20. The van der Waals surface area contributed by atoms with Gasteiger partial charge in [-0.2, -0.15) is 10.5 Å². The monoisotopic (exact) mass is 203 g/mol. The highest BCUT2D eigenvalue weighted by Crippen LogP contribution is 1.78. The van der Waals surface area contributed by atoms with E-state index in [1.165, 1.54) is 12.5 Å². The topological polar surface area (TPSA) is 133 Å². The van der Waals surface area contributed by atoms with E-state index in [2.05, 4.69) is 28.8 Å². The number of nitrogens with two attached hydrogens (primary N) is 2. The second kappa shape index (κ2) is 16.9. The molecule has 1 atom stereocenters. The van der Waals surface area contributed by atoms with Crippen LogP contribution in [0.15, 0.2) is 0 Å². The van der Waals surface area contributed by atoms with Gasteiger partial charge in [0.1, 0.15) is 11.5 Å². The minimum absolute atomic E-state index is 0.259. The van der Waals surface area contributed by atoms with Crippen LogP contribution >= 0.6 is 12.6 Å². The molecule has 0 amide bonds. The second-order valence-corrected chi connectivity index (χ2v) is 1.76. The van der Waals surface area contributed by atoms with E-state index in [1.54, 1.807) is 6.92 Å². The maximum Gasteiger partial charge on any atom is 0.183 e. The molecular weight excluding hydrogens is 190 g/mol. The standard InChI is InChI=1S/C4H7NO.CH5N3.CHNS/c1-4(3-5)6-2;2-1(3)4;2-1-3/h4H,1-2H3;(H5,2,3,4);3H. The fraction of sp³-hybridized carbons (Fsp3) is 0.500. The minimum Gasteiger partial charge on any atom is -0.370 e. The largest absolute Gasteiger partial charge is 0.370 e. The van der Waals surface area contributed by atoms with E-state index < -0.39 is 0 Å². The molecule has 5 N–H and O–H groups in total. The number of guanidine groups is 1. The SMILES string of the molecule is COC(C)C#N.N#CS.N=C(N)N. The number of nitriles is 2. The first-order valence-corrected chi connectivity index (χ1v) is 3.46. The summed E-state index contributed by atoms with van der Waals surface area (Å²) in [6, 6.07) is 1.89. The molecule has 0 rings (SSSR count). The van der Waals surface area contributed by atoms with E-state index in [0.29, 0.717) is 0 Å². The summed E-state index contributed by atoms with van der Waals surface area (Å²) in [5, 5.41) is 22.6. The average Bonchev–Trinajstić information content (AvgIpc) is 2.03. The zero-order valence-electron chi connectivity index (χ0n) is 7.48. The molecule has 0 radical (unpaired) electrons. The van der Waals surface area contributed by atoms with Crippen molar-refractivity contribution in [3.05, 3.63) is 0 Å². The minimum atomic E-state index is -0.333. The van der Waals surface area contributed by atoms with Crippen LogP contribution in [0.2, 0.25) is 0 Å². The summed E-state index contributed by atoms with van der Waals surface area (Å²) in [5.74, 6) is -0.333. The van der Waals surface area contributed by atoms with E-state index >= 15 is 0 Å². The van der Waals surface area contributed by atoms with Gasteiger partial charge >= 0.3 is 0 Å². The summed E-state index contributed by atoms with van der Waals surface area (Å²) in [4.78, 5) is 0. The van der Waals surface area contributed by atoms with Crippen molar-refractivity contribution in [3.63, 3.8) is 0 Å². The molecule has 0 aliphatic carbocycles. The number of thiocyanates is 1. The highest BCUT2D eigenvalue weighted by molar-refractivity contribution is 7.85. The number of ether oxygens (including phenoxy) is 1. The van der Waals surface area contributed by atoms with E-state index in [1.807, 2.05) is 6.07 Å². The maximum atomic E-state index is 7.96. The molecule has 0 aromatic carbocycles. The summed E-state index contributed by atoms with van der Waals surface area (Å²) < 4.78 is 4.54. The van der Waals surface area contributed by atoms with Crippen LogP contribution in [-0.2, 0) is 4.74 Å². The summed E-state index contributed by atoms with van der Waals surface area (Å²) in [6.45, 7) is 1.69. The molecule has 0 aliphatic rings. The quantitative estimate of drug-likeness (QED) is 0.202. The van der Waals surface area contributed by atoms with Crippen LogP contribution in [-0.4, -0.2) is 19.2 Å². The molecule has 0 bridgehead atoms. The number of hydrogen-bond acceptors (Lipinski definition) is 5. The Morgan fingerprint density at radius 1 is 1.54 bits per heavy atom. The molecule has 0 spiro atoms. The van der Waals surface area contributed by atoms with Gasteiger partial charge in [0.2, 0.25) is 0 Å². The fourth-order valence-electron chi connectivity index (χ4n) is 0.0527. The van der Waals surface area contributed by atoms with Gasteiger partial charge in [0.05, 0.1) is 6.07 Å². The zero-order chi connectivity index (χ0) is 11.3. The van der Waals surface area contributed by atoms with Gasteiger partial charge in [-0.1, -0.05) is 12.6 Å². The Bertz CT molecular complexity index is 190. The number of nitrogens with one attached hydrogen (secondary N) is 1. The molecule has 0 aliphatic heterocycles. The Labute approximate surface area is 83.0 Å². The molecule has 74 valence electrons. The molecule has 1 unspecified atom stereocenters. The Morgan fingerprint density at radius 2 is 1.77 bits per heavy atom. The summed E-state index contributed by atoms with van der Waals surface area (Å²) in [6.07, 6.45) is -0.259. The van der Waals surface area contributed by atoms with Crippen LogP contribution in [0.25, 0.3) is 0 Å². The summed E-state index contributed by atoms with van der Waals surface area (Å²) >= 11 is 3.09. The van der Waals surface area contributed by atoms with E-state index in [9.17, 15) is 0 Å². The van der Waals surface area contributed by atoms with Gasteiger partial charge in [-0.25, -0.2) is 0 Å². The highest BCUT2D eigenvalue weighted by atomic mass is 32.1. The van der Waals surface area contributed by atoms with Crippen LogP contribution < -0.4 is 11.5 Å². The van der Waals surface area contributed by atoms with Crippen molar-refractivity contribution >= 4 is 18.6 Å². The van der Waals surface area contributed by atoms with Crippen molar-refractivity contribution in [1.29, 1.82) is 15.9 Å². The zero-order valence-corrected chi connectivity index (χ0v) is 8.38. The Balaban J connectivity index is -0.000000125. The molecule has 0 aromatic rings. The lowest BCUT2D eigenvalue weighted by atomic mass is 10.5. The van der Waals surface area contributed by atoms with Gasteiger partial charge in [-0.3, -0.25) is 5.41 Å². The van der Waals surface area contributed by atoms with Crippen molar-refractivity contribution in [2.24, 2.45) is 11.5 Å². The number of nitrogens with zero attached hydrogens (tertiary/aromatic N) is 2. The van der Waals surface area contributed by atoms with Crippen molar-refractivity contribution in [2.75, 3.05) is 7.11 Å². The Morgan fingerprint density at radius 3 is 1.77 bits per heavy atom. The maximum absolute atomic E-state index is 7.96. The van der Waals surface area contributed by atoms with Crippen LogP contribution in [0.1, 0.15) is 6.92 Å². The molecule has 0 saturated carbocycles. The number of methoxy groups -OCH3 is 1. The fourth-order valence-corrected chi connectivity index (χ4v) is 0.0527. The summed E-state index contributed by atoms with van der Waals surface area (Å²) in [5.41, 5.74) is 8.94. The van der Waals surface area contributed by atoms with Crippen LogP contribution in [0.4, 0.5) is 0 Å². The van der Waals surface area contributed by atoms with Gasteiger partial charge in [-0.15, -0.1) is 0 Å². The van der Waals surface area contributed by atoms with Gasteiger partial charge in [0, 0.05) is 7.11 Å². The number of hydrogen-bond donors (Lipinski definition) is 4. The molecule has 0 saturated heterocycles. The van der Waals surface area contributed by atoms with Crippen LogP contribution in [0.5, 0.6) is 0 Å². The smallest absolute Gasteiger partial charge is 0.183 e. The molecule has 0 heterocycles. The third kappa shape index (κ3) is 118. The molecular formula is C6H13N5OS. The first-order valence-electron chi connectivity index (χ1n) is 3.01. The van der Waals surface area contributed by atoms with Crippen molar-refractivity contribution in [1.82, 2.24) is 0 Å². The lowest BCUT2D eigenvalue weighted by Gasteiger charge is -1.91. The van der Waals surface area contributed by atoms with Crippen molar-refractivity contribution < 1.29 is 4.74 Å². The molecule has 0 fully saturated rings. The third-order valence-electron chi connectivity index (χ3n) is 0.535. The van der Waals surface area contributed by atoms with Gasteiger partial charge < -0.3 is 16.2 Å². The van der Waals surface area contributed by atoms with Gasteiger partial charge in [0.15, 0.2) is 5.96 Å². The van der Waals surface area contributed by atoms with Gasteiger partial charge in [-0.05, 0) is 6.92 Å². The second-order valence-electron chi connectivity index (χ2n) is 1.56. The van der Waals surface area contributed by atoms with Crippen LogP contribution in [0, 0.1) is 27.4 Å². The predicted octanol–water partition coefficient (Wildman–Crippen LogP) is -0.219. The normalized spacial score (nSPS) is 8.38. The number of rotatable bonds is 1. The Kier molecular flexibility index (Phi) is 22.9. The van der Waals surface area contributed by atoms with Crippen molar-refractivity contribution in [3.8, 4) is 11.5 Å². The first-order chi connectivity index (χ1) is 5.95. The van der Waals surface area contributed by atoms with Crippen LogP contribution in [0.3, 0.4) is 0 Å².